The molecule has 0 bridgehead atoms. The Bertz CT molecular complexity index is 1160. The van der Waals surface area contributed by atoms with Gasteiger partial charge in [-0.1, -0.05) is 59.7 Å². The number of ketones is 1. The average Bonchev–Trinajstić information content (AvgIpc) is 2.83. The van der Waals surface area contributed by atoms with Gasteiger partial charge in [0.15, 0.2) is 5.78 Å². The maximum absolute atomic E-state index is 13.4. The predicted octanol–water partition coefficient (Wildman–Crippen LogP) is 4.86. The van der Waals surface area contributed by atoms with Gasteiger partial charge in [0, 0.05) is 35.7 Å². The number of allylic oxidation sites excluding steroid dienone is 2. The number of likely N-dealkylation sites (N-methyl/N-ethyl adjacent to an activating group) is 1. The van der Waals surface area contributed by atoms with E-state index in [2.05, 4.69) is 17.0 Å². The van der Waals surface area contributed by atoms with Crippen molar-refractivity contribution in [2.75, 3.05) is 27.3 Å². The van der Waals surface area contributed by atoms with Crippen LogP contribution in [0, 0.1) is 0 Å². The van der Waals surface area contributed by atoms with E-state index in [0.29, 0.717) is 35.2 Å². The lowest BCUT2D eigenvalue weighted by atomic mass is 9.74. The molecule has 2 aromatic rings. The van der Waals surface area contributed by atoms with Crippen LogP contribution in [0.1, 0.15) is 54.6 Å². The smallest absolute Gasteiger partial charge is 0.334 e. The zero-order valence-electron chi connectivity index (χ0n) is 21.1. The average molecular weight is 476 g/mol. The van der Waals surface area contributed by atoms with Crippen LogP contribution in [-0.4, -0.2) is 49.9 Å². The summed E-state index contributed by atoms with van der Waals surface area (Å²) in [5.41, 5.74) is 4.92. The largest absolute Gasteiger partial charge is 0.466 e. The van der Waals surface area contributed by atoms with Crippen LogP contribution in [0.25, 0.3) is 0 Å². The van der Waals surface area contributed by atoms with Gasteiger partial charge in [-0.3, -0.25) is 9.69 Å². The Morgan fingerprint density at radius 2 is 1.60 bits per heavy atom. The molecule has 0 radical (unpaired) electrons. The Morgan fingerprint density at radius 1 is 0.943 bits per heavy atom. The van der Waals surface area contributed by atoms with E-state index < -0.39 is 17.9 Å². The minimum atomic E-state index is -0.662. The summed E-state index contributed by atoms with van der Waals surface area (Å²) in [6.45, 7) is 6.78. The summed E-state index contributed by atoms with van der Waals surface area (Å²) in [6.07, 6.45) is 0.478. The first-order valence-corrected chi connectivity index (χ1v) is 11.7. The van der Waals surface area contributed by atoms with E-state index in [1.807, 2.05) is 45.2 Å². The zero-order valence-corrected chi connectivity index (χ0v) is 21.1. The van der Waals surface area contributed by atoms with Crippen molar-refractivity contribution < 1.29 is 23.9 Å². The first kappa shape index (κ1) is 26.1. The van der Waals surface area contributed by atoms with Crippen molar-refractivity contribution in [3.05, 3.63) is 93.6 Å². The van der Waals surface area contributed by atoms with Crippen molar-refractivity contribution in [3.63, 3.8) is 0 Å². The number of hydrogen-bond donors (Lipinski definition) is 0. The molecule has 0 aromatic heterocycles. The van der Waals surface area contributed by atoms with Gasteiger partial charge in [0.05, 0.1) is 7.11 Å². The maximum Gasteiger partial charge on any atom is 0.334 e. The van der Waals surface area contributed by atoms with Crippen LogP contribution in [0.3, 0.4) is 0 Å². The van der Waals surface area contributed by atoms with E-state index in [1.165, 1.54) is 19.6 Å². The summed E-state index contributed by atoms with van der Waals surface area (Å²) in [5.74, 6) is -1.69. The number of nitrogens with zero attached hydrogens (tertiary/aromatic N) is 1. The Morgan fingerprint density at radius 3 is 2.23 bits per heavy atom. The van der Waals surface area contributed by atoms with Crippen molar-refractivity contribution in [1.82, 2.24) is 4.90 Å². The van der Waals surface area contributed by atoms with Gasteiger partial charge in [-0.25, -0.2) is 9.59 Å². The Hall–Kier alpha value is -3.51. The normalized spacial score (nSPS) is 15.9. The highest BCUT2D eigenvalue weighted by atomic mass is 16.5. The van der Waals surface area contributed by atoms with E-state index in [0.717, 1.165) is 17.7 Å². The number of esters is 2. The molecule has 1 aliphatic carbocycles. The second kappa shape index (κ2) is 11.8. The van der Waals surface area contributed by atoms with Crippen molar-refractivity contribution in [1.29, 1.82) is 0 Å². The van der Waals surface area contributed by atoms with Gasteiger partial charge < -0.3 is 9.47 Å². The molecule has 0 heterocycles. The highest BCUT2D eigenvalue weighted by Crippen LogP contribution is 2.42. The first-order valence-electron chi connectivity index (χ1n) is 11.7. The van der Waals surface area contributed by atoms with E-state index >= 15 is 0 Å². The molecule has 1 aliphatic rings. The third kappa shape index (κ3) is 6.34. The molecule has 0 amide bonds. The predicted molar refractivity (Wildman–Crippen MR) is 135 cm³/mol. The van der Waals surface area contributed by atoms with E-state index in [4.69, 9.17) is 9.47 Å². The zero-order chi connectivity index (χ0) is 25.5. The molecule has 2 aromatic carbocycles. The highest BCUT2D eigenvalue weighted by molar-refractivity contribution is 6.00. The Kier molecular flexibility index (Phi) is 8.77. The quantitative estimate of drug-likeness (QED) is 0.381. The Balaban J connectivity index is 1.84. The molecule has 0 aliphatic heterocycles. The first-order chi connectivity index (χ1) is 16.7. The fraction of sp³-hybridized carbons (Fsp3) is 0.345. The molecule has 184 valence electrons. The number of hydrogen-bond acceptors (Lipinski definition) is 6. The summed E-state index contributed by atoms with van der Waals surface area (Å²) in [6, 6.07) is 17.1. The molecular weight excluding hydrogens is 442 g/mol. The second-order valence-electron chi connectivity index (χ2n) is 9.03. The second-order valence-corrected chi connectivity index (χ2v) is 9.03. The molecule has 3 rings (SSSR count). The summed E-state index contributed by atoms with van der Waals surface area (Å²) in [4.78, 5) is 40.3. The third-order valence-electron chi connectivity index (χ3n) is 6.28. The van der Waals surface area contributed by atoms with E-state index in [-0.39, 0.29) is 12.4 Å². The fourth-order valence-electron chi connectivity index (χ4n) is 4.54. The number of methoxy groups -OCH3 is 1. The van der Waals surface area contributed by atoms with Crippen molar-refractivity contribution in [2.24, 2.45) is 0 Å². The molecule has 0 saturated heterocycles. The van der Waals surface area contributed by atoms with Crippen LogP contribution in [0.5, 0.6) is 0 Å². The summed E-state index contributed by atoms with van der Waals surface area (Å²) >= 11 is 0. The van der Waals surface area contributed by atoms with Crippen LogP contribution in [0.4, 0.5) is 0 Å². The summed E-state index contributed by atoms with van der Waals surface area (Å²) < 4.78 is 10.8. The minimum absolute atomic E-state index is 0.0886. The monoisotopic (exact) mass is 475 g/mol. The summed E-state index contributed by atoms with van der Waals surface area (Å²) in [7, 11) is 3.31. The van der Waals surface area contributed by atoms with Gasteiger partial charge in [-0.05, 0) is 51.4 Å². The molecule has 1 atom stereocenters. The maximum atomic E-state index is 13.4. The van der Waals surface area contributed by atoms with Gasteiger partial charge in [-0.2, -0.15) is 0 Å². The minimum Gasteiger partial charge on any atom is -0.466 e. The van der Waals surface area contributed by atoms with Gasteiger partial charge in [0.25, 0.3) is 0 Å². The highest BCUT2D eigenvalue weighted by Gasteiger charge is 2.37. The van der Waals surface area contributed by atoms with E-state index in [1.54, 1.807) is 18.2 Å². The lowest BCUT2D eigenvalue weighted by Gasteiger charge is -2.30. The number of carbonyl (C=O) groups is 3. The fourth-order valence-corrected chi connectivity index (χ4v) is 4.54. The number of rotatable bonds is 9. The van der Waals surface area contributed by atoms with Gasteiger partial charge in [0.2, 0.25) is 0 Å². The summed E-state index contributed by atoms with van der Waals surface area (Å²) in [5, 5.41) is 0. The third-order valence-corrected chi connectivity index (χ3v) is 6.28. The van der Waals surface area contributed by atoms with Crippen molar-refractivity contribution >= 4 is 17.7 Å². The molecule has 1 unspecified atom stereocenters. The van der Waals surface area contributed by atoms with Gasteiger partial charge >= 0.3 is 11.9 Å². The molecule has 6 nitrogen and oxygen atoms in total. The van der Waals surface area contributed by atoms with E-state index in [9.17, 15) is 14.4 Å². The number of benzene rings is 2. The van der Waals surface area contributed by atoms with Gasteiger partial charge in [-0.15, -0.1) is 0 Å². The molecule has 0 N–H and O–H groups in total. The lowest BCUT2D eigenvalue weighted by Crippen LogP contribution is -2.28. The van der Waals surface area contributed by atoms with Crippen LogP contribution in [0.2, 0.25) is 0 Å². The number of ether oxygens (including phenoxy) is 2. The topological polar surface area (TPSA) is 72.9 Å². The van der Waals surface area contributed by atoms with Gasteiger partial charge in [0.1, 0.15) is 6.61 Å². The Labute approximate surface area is 207 Å². The number of Topliss-reactive ketones (excluding diaryl/α,β-unsaturated/α-hetero) is 1. The van der Waals surface area contributed by atoms with Crippen molar-refractivity contribution in [3.8, 4) is 0 Å². The molecule has 0 spiro atoms. The van der Waals surface area contributed by atoms with Crippen LogP contribution >= 0.6 is 0 Å². The molecule has 6 heteroatoms. The molecule has 35 heavy (non-hydrogen) atoms. The molecular formula is C29H33NO5. The van der Waals surface area contributed by atoms with Crippen LogP contribution in [-0.2, 0) is 25.6 Å². The lowest BCUT2D eigenvalue weighted by molar-refractivity contribution is -0.139. The molecule has 0 saturated carbocycles. The van der Waals surface area contributed by atoms with Crippen molar-refractivity contribution in [2.45, 2.75) is 39.7 Å². The number of carbonyl (C=O) groups excluding carboxylic acids is 3. The van der Waals surface area contributed by atoms with Crippen LogP contribution < -0.4 is 0 Å². The van der Waals surface area contributed by atoms with Crippen LogP contribution in [0.15, 0.2) is 76.9 Å². The SMILES string of the molecule is COC(=O)C1=C(C)CC(C)=C(C(=O)OCCN(C)Cc2ccccc2)C1c1cccc(C(C)=O)c1. The molecule has 0 fully saturated rings. The standard InChI is InChI=1S/C29H33NO5/c1-19-16-20(2)26(29(33)35-15-14-30(4)18-22-10-7-6-8-11-22)27(25(19)28(32)34-5)24-13-9-12-23(17-24)21(3)31/h6-13,17,27H,14-16,18H2,1-5H3.